The molecule has 3 nitrogen and oxygen atoms in total. The fraction of sp³-hybridized carbons (Fsp3) is 0.105. The van der Waals surface area contributed by atoms with Gasteiger partial charge >= 0.3 is 5.97 Å². The van der Waals surface area contributed by atoms with Gasteiger partial charge in [-0.3, -0.25) is 0 Å². The summed E-state index contributed by atoms with van der Waals surface area (Å²) in [6.07, 6.45) is 0. The molecule has 4 heteroatoms. The zero-order valence-corrected chi connectivity index (χ0v) is 14.2. The van der Waals surface area contributed by atoms with Crippen LogP contribution in [0.4, 0.5) is 0 Å². The number of ether oxygens (including phenoxy) is 2. The highest BCUT2D eigenvalue weighted by Gasteiger charge is 2.05. The molecule has 0 atom stereocenters. The number of fused-ring (bicyclic) bond motifs is 1. The molecule has 3 aromatic carbocycles. The van der Waals surface area contributed by atoms with Crippen molar-refractivity contribution in [2.45, 2.75) is 6.61 Å². The largest absolute Gasteiger partial charge is 0.489 e. The van der Waals surface area contributed by atoms with Crippen molar-refractivity contribution in [1.29, 1.82) is 0 Å². The van der Waals surface area contributed by atoms with E-state index < -0.39 is 0 Å². The molecule has 23 heavy (non-hydrogen) atoms. The third kappa shape index (κ3) is 3.71. The summed E-state index contributed by atoms with van der Waals surface area (Å²) in [6.45, 7) is 0.448. The van der Waals surface area contributed by atoms with Gasteiger partial charge in [-0.15, -0.1) is 0 Å². The Balaban J connectivity index is 1.70. The Kier molecular flexibility index (Phi) is 4.63. The number of hydrogen-bond acceptors (Lipinski definition) is 3. The van der Waals surface area contributed by atoms with Gasteiger partial charge in [0.2, 0.25) is 0 Å². The van der Waals surface area contributed by atoms with Gasteiger partial charge in [0.05, 0.1) is 12.7 Å². The van der Waals surface area contributed by atoms with Gasteiger partial charge in [0.15, 0.2) is 0 Å². The summed E-state index contributed by atoms with van der Waals surface area (Å²) >= 11 is 3.47. The lowest BCUT2D eigenvalue weighted by atomic mass is 10.1. The van der Waals surface area contributed by atoms with Gasteiger partial charge in [-0.1, -0.05) is 40.2 Å². The molecular weight excluding hydrogens is 356 g/mol. The van der Waals surface area contributed by atoms with E-state index in [0.29, 0.717) is 12.2 Å². The molecule has 0 radical (unpaired) electrons. The fourth-order valence-corrected chi connectivity index (χ4v) is 2.68. The van der Waals surface area contributed by atoms with Gasteiger partial charge in [-0.25, -0.2) is 4.79 Å². The molecule has 3 aromatic rings. The standard InChI is InChI=1S/C19H15BrO3/c1-22-19(21)14-4-2-13(3-5-14)12-23-18-9-7-15-10-17(20)8-6-16(15)11-18/h2-11H,12H2,1H3. The fourth-order valence-electron chi connectivity index (χ4n) is 2.31. The third-order valence-corrected chi connectivity index (χ3v) is 4.05. The minimum atomic E-state index is -0.335. The summed E-state index contributed by atoms with van der Waals surface area (Å²) in [4.78, 5) is 11.4. The summed E-state index contributed by atoms with van der Waals surface area (Å²) in [5, 5.41) is 2.29. The monoisotopic (exact) mass is 370 g/mol. The quantitative estimate of drug-likeness (QED) is 0.608. The summed E-state index contributed by atoms with van der Waals surface area (Å²) in [5.41, 5.74) is 1.53. The van der Waals surface area contributed by atoms with Crippen molar-refractivity contribution in [3.05, 3.63) is 76.3 Å². The van der Waals surface area contributed by atoms with Crippen LogP contribution in [0.15, 0.2) is 65.1 Å². The van der Waals surface area contributed by atoms with E-state index in [1.807, 2.05) is 36.4 Å². The lowest BCUT2D eigenvalue weighted by molar-refractivity contribution is 0.0600. The first-order valence-corrected chi connectivity index (χ1v) is 7.94. The molecule has 0 aliphatic rings. The third-order valence-electron chi connectivity index (χ3n) is 3.55. The molecule has 3 rings (SSSR count). The van der Waals surface area contributed by atoms with Gasteiger partial charge in [0.1, 0.15) is 12.4 Å². The van der Waals surface area contributed by atoms with Crippen LogP contribution in [-0.2, 0) is 11.3 Å². The summed E-state index contributed by atoms with van der Waals surface area (Å²) in [6, 6.07) is 19.4. The zero-order valence-electron chi connectivity index (χ0n) is 12.6. The number of hydrogen-bond donors (Lipinski definition) is 0. The first-order chi connectivity index (χ1) is 11.2. The van der Waals surface area contributed by atoms with Crippen LogP contribution in [0.2, 0.25) is 0 Å². The lowest BCUT2D eigenvalue weighted by Gasteiger charge is -2.08. The second kappa shape index (κ2) is 6.84. The van der Waals surface area contributed by atoms with Crippen molar-refractivity contribution < 1.29 is 14.3 Å². The van der Waals surface area contributed by atoms with Crippen molar-refractivity contribution in [3.8, 4) is 5.75 Å². The number of esters is 1. The van der Waals surface area contributed by atoms with E-state index in [2.05, 4.69) is 32.8 Å². The van der Waals surface area contributed by atoms with Crippen LogP contribution in [0, 0.1) is 0 Å². The van der Waals surface area contributed by atoms with Crippen molar-refractivity contribution in [1.82, 2.24) is 0 Å². The number of halogens is 1. The van der Waals surface area contributed by atoms with Crippen molar-refractivity contribution in [3.63, 3.8) is 0 Å². The summed E-state index contributed by atoms with van der Waals surface area (Å²) < 4.78 is 11.6. The molecule has 0 spiro atoms. The average Bonchev–Trinajstić information content (AvgIpc) is 2.59. The Morgan fingerprint density at radius 2 is 1.65 bits per heavy atom. The first-order valence-electron chi connectivity index (χ1n) is 7.15. The van der Waals surface area contributed by atoms with Crippen LogP contribution in [-0.4, -0.2) is 13.1 Å². The highest BCUT2D eigenvalue weighted by Crippen LogP contribution is 2.24. The molecule has 116 valence electrons. The van der Waals surface area contributed by atoms with E-state index in [0.717, 1.165) is 26.6 Å². The Morgan fingerprint density at radius 3 is 2.39 bits per heavy atom. The SMILES string of the molecule is COC(=O)c1ccc(COc2ccc3cc(Br)ccc3c2)cc1. The molecule has 0 unspecified atom stereocenters. The molecular formula is C19H15BrO3. The van der Waals surface area contributed by atoms with E-state index in [-0.39, 0.29) is 5.97 Å². The topological polar surface area (TPSA) is 35.5 Å². The molecule has 0 aliphatic carbocycles. The highest BCUT2D eigenvalue weighted by atomic mass is 79.9. The van der Waals surface area contributed by atoms with Gasteiger partial charge in [-0.2, -0.15) is 0 Å². The zero-order chi connectivity index (χ0) is 16.2. The van der Waals surface area contributed by atoms with E-state index in [1.54, 1.807) is 12.1 Å². The van der Waals surface area contributed by atoms with Crippen molar-refractivity contribution in [2.24, 2.45) is 0 Å². The molecule has 0 aliphatic heterocycles. The van der Waals surface area contributed by atoms with Crippen LogP contribution in [0.1, 0.15) is 15.9 Å². The van der Waals surface area contributed by atoms with E-state index in [1.165, 1.54) is 7.11 Å². The average molecular weight is 371 g/mol. The maximum absolute atomic E-state index is 11.4. The maximum atomic E-state index is 11.4. The normalized spacial score (nSPS) is 10.5. The molecule has 0 fully saturated rings. The molecule has 0 saturated heterocycles. The van der Waals surface area contributed by atoms with Crippen molar-refractivity contribution in [2.75, 3.05) is 7.11 Å². The van der Waals surface area contributed by atoms with Gasteiger partial charge in [-0.05, 0) is 52.7 Å². The molecule has 0 bridgehead atoms. The van der Waals surface area contributed by atoms with Gasteiger partial charge in [0, 0.05) is 4.47 Å². The Morgan fingerprint density at radius 1 is 0.957 bits per heavy atom. The number of methoxy groups -OCH3 is 1. The minimum absolute atomic E-state index is 0.335. The number of rotatable bonds is 4. The Labute approximate surface area is 143 Å². The summed E-state index contributed by atoms with van der Waals surface area (Å²) in [7, 11) is 1.37. The molecule has 0 amide bonds. The Hall–Kier alpha value is -2.33. The second-order valence-corrected chi connectivity index (χ2v) is 6.05. The second-order valence-electron chi connectivity index (χ2n) is 5.13. The summed E-state index contributed by atoms with van der Waals surface area (Å²) in [5.74, 6) is 0.482. The number of carbonyl (C=O) groups is 1. The van der Waals surface area contributed by atoms with Crippen LogP contribution in [0.5, 0.6) is 5.75 Å². The van der Waals surface area contributed by atoms with Gasteiger partial charge in [0.25, 0.3) is 0 Å². The number of carbonyl (C=O) groups excluding carboxylic acids is 1. The molecule has 0 aromatic heterocycles. The van der Waals surface area contributed by atoms with Gasteiger partial charge < -0.3 is 9.47 Å². The lowest BCUT2D eigenvalue weighted by Crippen LogP contribution is -2.01. The van der Waals surface area contributed by atoms with Crippen molar-refractivity contribution >= 4 is 32.7 Å². The molecule has 0 heterocycles. The Bertz CT molecular complexity index is 841. The maximum Gasteiger partial charge on any atom is 0.337 e. The number of benzene rings is 3. The minimum Gasteiger partial charge on any atom is -0.489 e. The van der Waals surface area contributed by atoms with E-state index in [9.17, 15) is 4.79 Å². The molecule has 0 saturated carbocycles. The van der Waals surface area contributed by atoms with Crippen LogP contribution >= 0.6 is 15.9 Å². The van der Waals surface area contributed by atoms with E-state index >= 15 is 0 Å². The van der Waals surface area contributed by atoms with E-state index in [4.69, 9.17) is 4.74 Å². The predicted octanol–water partition coefficient (Wildman–Crippen LogP) is 4.97. The smallest absolute Gasteiger partial charge is 0.337 e. The first kappa shape index (κ1) is 15.6. The van der Waals surface area contributed by atoms with Crippen LogP contribution < -0.4 is 4.74 Å². The predicted molar refractivity (Wildman–Crippen MR) is 93.8 cm³/mol. The van der Waals surface area contributed by atoms with Crippen LogP contribution in [0.3, 0.4) is 0 Å². The molecule has 0 N–H and O–H groups in total. The van der Waals surface area contributed by atoms with Crippen LogP contribution in [0.25, 0.3) is 10.8 Å². The highest BCUT2D eigenvalue weighted by molar-refractivity contribution is 9.10.